The van der Waals surface area contributed by atoms with Crippen LogP contribution in [0.2, 0.25) is 0 Å². The lowest BCUT2D eigenvalue weighted by Crippen LogP contribution is -2.27. The molecule has 0 fully saturated rings. The molecule has 0 aliphatic carbocycles. The number of esters is 1. The molecule has 0 spiro atoms. The minimum absolute atomic E-state index is 0.0979. The van der Waals surface area contributed by atoms with Gasteiger partial charge in [-0.2, -0.15) is 0 Å². The zero-order valence-electron chi connectivity index (χ0n) is 25.9. The molecular weight excluding hydrogens is 575 g/mol. The van der Waals surface area contributed by atoms with Gasteiger partial charge in [-0.3, -0.25) is 9.59 Å². The van der Waals surface area contributed by atoms with E-state index in [0.717, 1.165) is 11.1 Å². The summed E-state index contributed by atoms with van der Waals surface area (Å²) < 4.78 is 25.9. The molecular formula is C36H39FN2O6. The van der Waals surface area contributed by atoms with Crippen molar-refractivity contribution in [3.63, 3.8) is 0 Å². The standard InChI is InChI=1S/C36H39FN2O6/c1-23(2)39-31(18-17-28(40)20-29(41)21-32(42)45-4)33(26-13-15-27(37)16-14-26)34(25-10-6-5-7-11-25)35(39)36(43)38-22-24-9-8-12-30(19-24)44-3/h5-19,23,28-29,40-41H,20-22H2,1-4H3,(H,38,43)/t28-,29-/m1/s1. The predicted octanol–water partition coefficient (Wildman–Crippen LogP) is 6.17. The van der Waals surface area contributed by atoms with Crippen LogP contribution in [0.5, 0.6) is 5.75 Å². The molecule has 9 heteroatoms. The minimum atomic E-state index is -1.11. The quantitative estimate of drug-likeness (QED) is 0.156. The van der Waals surface area contributed by atoms with Crippen LogP contribution in [0, 0.1) is 5.82 Å². The third kappa shape index (κ3) is 8.26. The van der Waals surface area contributed by atoms with Gasteiger partial charge in [0.15, 0.2) is 0 Å². The molecule has 45 heavy (non-hydrogen) atoms. The maximum Gasteiger partial charge on any atom is 0.308 e. The number of hydrogen-bond donors (Lipinski definition) is 3. The Morgan fingerprint density at radius 3 is 2.27 bits per heavy atom. The van der Waals surface area contributed by atoms with Gasteiger partial charge in [0.05, 0.1) is 32.8 Å². The van der Waals surface area contributed by atoms with Gasteiger partial charge in [0.1, 0.15) is 17.3 Å². The van der Waals surface area contributed by atoms with Crippen LogP contribution in [0.3, 0.4) is 0 Å². The topological polar surface area (TPSA) is 110 Å². The summed E-state index contributed by atoms with van der Waals surface area (Å²) in [5, 5.41) is 24.1. The van der Waals surface area contributed by atoms with Crippen molar-refractivity contribution in [1.82, 2.24) is 9.88 Å². The highest BCUT2D eigenvalue weighted by atomic mass is 19.1. The van der Waals surface area contributed by atoms with Gasteiger partial charge in [0.2, 0.25) is 0 Å². The Labute approximate surface area is 262 Å². The first kappa shape index (κ1) is 33.2. The van der Waals surface area contributed by atoms with Crippen molar-refractivity contribution < 1.29 is 33.7 Å². The molecule has 0 saturated heterocycles. The van der Waals surface area contributed by atoms with Gasteiger partial charge in [-0.25, -0.2) is 4.39 Å². The van der Waals surface area contributed by atoms with Gasteiger partial charge in [0.25, 0.3) is 5.91 Å². The van der Waals surface area contributed by atoms with Crippen molar-refractivity contribution in [2.45, 2.75) is 51.5 Å². The highest BCUT2D eigenvalue weighted by Crippen LogP contribution is 2.42. The molecule has 1 heterocycles. The fourth-order valence-electron chi connectivity index (χ4n) is 5.29. The zero-order chi connectivity index (χ0) is 32.5. The molecule has 236 valence electrons. The van der Waals surface area contributed by atoms with E-state index in [0.29, 0.717) is 33.8 Å². The van der Waals surface area contributed by atoms with Gasteiger partial charge >= 0.3 is 5.97 Å². The summed E-state index contributed by atoms with van der Waals surface area (Å²) in [6, 6.07) is 22.8. The van der Waals surface area contributed by atoms with Gasteiger partial charge < -0.3 is 29.6 Å². The van der Waals surface area contributed by atoms with Gasteiger partial charge in [-0.05, 0) is 60.9 Å². The van der Waals surface area contributed by atoms with Crippen molar-refractivity contribution in [1.29, 1.82) is 0 Å². The van der Waals surface area contributed by atoms with E-state index >= 15 is 0 Å². The van der Waals surface area contributed by atoms with E-state index in [1.165, 1.54) is 25.3 Å². The molecule has 0 aliphatic heterocycles. The molecule has 0 unspecified atom stereocenters. The Balaban J connectivity index is 1.87. The molecule has 4 rings (SSSR count). The number of nitrogens with zero attached hydrogens (tertiary/aromatic N) is 1. The Bertz CT molecular complexity index is 1630. The molecule has 3 N–H and O–H groups in total. The molecule has 0 bridgehead atoms. The van der Waals surface area contributed by atoms with E-state index in [9.17, 15) is 24.2 Å². The fourth-order valence-corrected chi connectivity index (χ4v) is 5.29. The number of rotatable bonds is 13. The van der Waals surface area contributed by atoms with E-state index in [1.54, 1.807) is 25.3 Å². The number of methoxy groups -OCH3 is 2. The number of halogens is 1. The maximum absolute atomic E-state index is 14.2. The molecule has 4 aromatic rings. The molecule has 1 amide bonds. The number of ether oxygens (including phenoxy) is 2. The average molecular weight is 615 g/mol. The fraction of sp³-hybridized carbons (Fsp3) is 0.278. The maximum atomic E-state index is 14.2. The van der Waals surface area contributed by atoms with E-state index in [2.05, 4.69) is 10.1 Å². The summed E-state index contributed by atoms with van der Waals surface area (Å²) in [5.41, 5.74) is 4.67. The van der Waals surface area contributed by atoms with Crippen molar-refractivity contribution in [3.8, 4) is 28.0 Å². The second kappa shape index (κ2) is 15.3. The summed E-state index contributed by atoms with van der Waals surface area (Å²) in [6.45, 7) is 4.16. The average Bonchev–Trinajstić information content (AvgIpc) is 3.39. The Kier molecular flexibility index (Phi) is 11.3. The first-order valence-corrected chi connectivity index (χ1v) is 14.7. The van der Waals surface area contributed by atoms with E-state index in [4.69, 9.17) is 4.74 Å². The third-order valence-electron chi connectivity index (χ3n) is 7.38. The monoisotopic (exact) mass is 614 g/mol. The Morgan fingerprint density at radius 1 is 0.933 bits per heavy atom. The van der Waals surface area contributed by atoms with E-state index < -0.39 is 24.0 Å². The smallest absolute Gasteiger partial charge is 0.308 e. The SMILES string of the molecule is COC(=O)C[C@H](O)C[C@H](O)C=Cc1c(-c2ccc(F)cc2)c(-c2ccccc2)c(C(=O)NCc2cccc(OC)c2)n1C(C)C. The summed E-state index contributed by atoms with van der Waals surface area (Å²) in [5.74, 6) is -0.615. The lowest BCUT2D eigenvalue weighted by Gasteiger charge is -2.17. The highest BCUT2D eigenvalue weighted by Gasteiger charge is 2.29. The summed E-state index contributed by atoms with van der Waals surface area (Å²) in [4.78, 5) is 25.8. The van der Waals surface area contributed by atoms with Crippen LogP contribution in [0.1, 0.15) is 54.5 Å². The Hall–Kier alpha value is -4.73. The van der Waals surface area contributed by atoms with Crippen LogP contribution in [0.15, 0.2) is 84.9 Å². The van der Waals surface area contributed by atoms with Gasteiger partial charge in [-0.15, -0.1) is 0 Å². The zero-order valence-corrected chi connectivity index (χ0v) is 25.9. The number of aromatic nitrogens is 1. The molecule has 8 nitrogen and oxygen atoms in total. The van der Waals surface area contributed by atoms with Crippen molar-refractivity contribution in [3.05, 3.63) is 108 Å². The van der Waals surface area contributed by atoms with Crippen LogP contribution in [-0.2, 0) is 16.1 Å². The van der Waals surface area contributed by atoms with Crippen LogP contribution in [0.25, 0.3) is 28.3 Å². The normalized spacial score (nSPS) is 12.7. The van der Waals surface area contributed by atoms with Crippen LogP contribution < -0.4 is 10.1 Å². The molecule has 1 aromatic heterocycles. The van der Waals surface area contributed by atoms with Gasteiger partial charge in [-0.1, -0.05) is 60.7 Å². The number of benzene rings is 3. The number of carbonyl (C=O) groups is 2. The predicted molar refractivity (Wildman–Crippen MR) is 172 cm³/mol. The largest absolute Gasteiger partial charge is 0.497 e. The van der Waals surface area contributed by atoms with Crippen molar-refractivity contribution in [2.24, 2.45) is 0 Å². The number of carbonyl (C=O) groups excluding carboxylic acids is 2. The number of aliphatic hydroxyl groups excluding tert-OH is 2. The summed E-state index contributed by atoms with van der Waals surface area (Å²) in [7, 11) is 2.82. The number of aliphatic hydroxyl groups is 2. The summed E-state index contributed by atoms with van der Waals surface area (Å²) in [6.07, 6.45) is 0.670. The van der Waals surface area contributed by atoms with Gasteiger partial charge in [0, 0.05) is 35.8 Å². The van der Waals surface area contributed by atoms with E-state index in [1.807, 2.05) is 73.0 Å². The summed E-state index contributed by atoms with van der Waals surface area (Å²) >= 11 is 0. The Morgan fingerprint density at radius 2 is 1.62 bits per heavy atom. The molecule has 3 aromatic carbocycles. The number of amides is 1. The van der Waals surface area contributed by atoms with Crippen LogP contribution in [-0.4, -0.2) is 53.1 Å². The lowest BCUT2D eigenvalue weighted by atomic mass is 9.94. The highest BCUT2D eigenvalue weighted by molar-refractivity contribution is 6.06. The van der Waals surface area contributed by atoms with E-state index in [-0.39, 0.29) is 31.3 Å². The second-order valence-corrected chi connectivity index (χ2v) is 11.0. The molecule has 2 atom stereocenters. The number of hydrogen-bond acceptors (Lipinski definition) is 6. The second-order valence-electron chi connectivity index (χ2n) is 11.0. The van der Waals surface area contributed by atoms with Crippen molar-refractivity contribution >= 4 is 18.0 Å². The minimum Gasteiger partial charge on any atom is -0.497 e. The molecule has 0 radical (unpaired) electrons. The lowest BCUT2D eigenvalue weighted by molar-refractivity contribution is -0.143. The van der Waals surface area contributed by atoms with Crippen LogP contribution >= 0.6 is 0 Å². The third-order valence-corrected chi connectivity index (χ3v) is 7.38. The first-order chi connectivity index (χ1) is 21.6. The van der Waals surface area contributed by atoms with Crippen molar-refractivity contribution in [2.75, 3.05) is 14.2 Å². The molecule has 0 saturated carbocycles. The molecule has 0 aliphatic rings. The first-order valence-electron chi connectivity index (χ1n) is 14.7. The van der Waals surface area contributed by atoms with Crippen LogP contribution in [0.4, 0.5) is 4.39 Å². The number of nitrogens with one attached hydrogen (secondary N) is 1.